The molecule has 1 aromatic carbocycles. The average Bonchev–Trinajstić information content (AvgIpc) is 2.56. The largest absolute Gasteiger partial charge is 0.380 e. The molecule has 0 saturated carbocycles. The van der Waals surface area contributed by atoms with Crippen LogP contribution in [0, 0.1) is 0 Å². The van der Waals surface area contributed by atoms with Gasteiger partial charge in [0.25, 0.3) is 0 Å². The maximum absolute atomic E-state index is 11.2. The van der Waals surface area contributed by atoms with E-state index in [0.717, 1.165) is 36.8 Å². The quantitative estimate of drug-likeness (QED) is 0.250. The van der Waals surface area contributed by atoms with Gasteiger partial charge in [0.1, 0.15) is 13.3 Å². The Morgan fingerprint density at radius 3 is 2.33 bits per heavy atom. The SMILES string of the molecule is CCCCCC(NCOOCc1ccc(COC)cc1)NC(C)=O. The number of rotatable bonds is 13. The monoisotopic (exact) mass is 338 g/mol. The topological polar surface area (TPSA) is 68.8 Å². The van der Waals surface area contributed by atoms with Crippen molar-refractivity contribution in [3.05, 3.63) is 35.4 Å². The van der Waals surface area contributed by atoms with Gasteiger partial charge in [-0.3, -0.25) is 10.1 Å². The van der Waals surface area contributed by atoms with E-state index in [1.54, 1.807) is 7.11 Å². The summed E-state index contributed by atoms with van der Waals surface area (Å²) >= 11 is 0. The molecular formula is C18H30N2O4. The second kappa shape index (κ2) is 12.9. The standard InChI is InChI=1S/C18H30N2O4/c1-4-5-6-7-18(20-15(2)21)19-14-24-23-13-17-10-8-16(9-11-17)12-22-3/h8-11,18-19H,4-7,12-14H2,1-3H3,(H,20,21). The zero-order valence-electron chi connectivity index (χ0n) is 15.0. The van der Waals surface area contributed by atoms with Crippen LogP contribution in [0.1, 0.15) is 50.7 Å². The number of carbonyl (C=O) groups is 1. The molecule has 0 saturated heterocycles. The van der Waals surface area contributed by atoms with Gasteiger partial charge < -0.3 is 10.1 Å². The number of benzene rings is 1. The van der Waals surface area contributed by atoms with Crippen LogP contribution in [0.2, 0.25) is 0 Å². The van der Waals surface area contributed by atoms with Crippen molar-refractivity contribution in [1.82, 2.24) is 10.6 Å². The first kappa shape index (κ1) is 20.6. The highest BCUT2D eigenvalue weighted by Crippen LogP contribution is 2.07. The first-order chi connectivity index (χ1) is 11.7. The number of unbranched alkanes of at least 4 members (excludes halogenated alkanes) is 2. The van der Waals surface area contributed by atoms with E-state index in [-0.39, 0.29) is 18.8 Å². The van der Waals surface area contributed by atoms with Crippen LogP contribution in [-0.2, 0) is 32.5 Å². The number of nitrogens with one attached hydrogen (secondary N) is 2. The Kier molecular flexibility index (Phi) is 11.1. The van der Waals surface area contributed by atoms with E-state index in [1.807, 2.05) is 24.3 Å². The molecule has 0 aliphatic carbocycles. The van der Waals surface area contributed by atoms with Crippen LogP contribution in [0.4, 0.5) is 0 Å². The fourth-order valence-corrected chi connectivity index (χ4v) is 2.25. The number of carbonyl (C=O) groups excluding carboxylic acids is 1. The van der Waals surface area contributed by atoms with E-state index >= 15 is 0 Å². The van der Waals surface area contributed by atoms with Crippen molar-refractivity contribution < 1.29 is 19.3 Å². The van der Waals surface area contributed by atoms with Gasteiger partial charge in [0, 0.05) is 14.0 Å². The summed E-state index contributed by atoms with van der Waals surface area (Å²) in [5, 5.41) is 5.99. The van der Waals surface area contributed by atoms with Crippen molar-refractivity contribution in [3.8, 4) is 0 Å². The summed E-state index contributed by atoms with van der Waals surface area (Å²) < 4.78 is 5.07. The average molecular weight is 338 g/mol. The van der Waals surface area contributed by atoms with E-state index in [0.29, 0.717) is 13.2 Å². The third-order valence-corrected chi connectivity index (χ3v) is 3.51. The van der Waals surface area contributed by atoms with E-state index in [4.69, 9.17) is 14.5 Å². The molecule has 0 aromatic heterocycles. The molecule has 1 aromatic rings. The second-order valence-corrected chi connectivity index (χ2v) is 5.73. The van der Waals surface area contributed by atoms with Gasteiger partial charge in [-0.25, -0.2) is 9.78 Å². The lowest BCUT2D eigenvalue weighted by Crippen LogP contribution is -2.45. The van der Waals surface area contributed by atoms with Gasteiger partial charge in [-0.05, 0) is 17.5 Å². The van der Waals surface area contributed by atoms with Crippen LogP contribution in [-0.4, -0.2) is 25.9 Å². The molecule has 136 valence electrons. The summed E-state index contributed by atoms with van der Waals surface area (Å²) in [4.78, 5) is 21.5. The molecule has 0 aliphatic rings. The Bertz CT molecular complexity index is 451. The molecule has 0 spiro atoms. The molecule has 1 atom stereocenters. The van der Waals surface area contributed by atoms with E-state index < -0.39 is 0 Å². The number of amides is 1. The lowest BCUT2D eigenvalue weighted by Gasteiger charge is -2.19. The Morgan fingerprint density at radius 2 is 1.75 bits per heavy atom. The molecule has 6 heteroatoms. The number of hydrogen-bond acceptors (Lipinski definition) is 5. The molecule has 2 N–H and O–H groups in total. The van der Waals surface area contributed by atoms with Crippen LogP contribution in [0.5, 0.6) is 0 Å². The summed E-state index contributed by atoms with van der Waals surface area (Å²) in [7, 11) is 1.67. The minimum absolute atomic E-state index is 0.0546. The van der Waals surface area contributed by atoms with Gasteiger partial charge in [-0.15, -0.1) is 0 Å². The number of hydrogen-bond donors (Lipinski definition) is 2. The molecule has 6 nitrogen and oxygen atoms in total. The van der Waals surface area contributed by atoms with E-state index in [1.165, 1.54) is 6.92 Å². The number of ether oxygens (including phenoxy) is 1. The van der Waals surface area contributed by atoms with Gasteiger partial charge in [0.05, 0.1) is 12.8 Å². The smallest absolute Gasteiger partial charge is 0.218 e. The van der Waals surface area contributed by atoms with Crippen molar-refractivity contribution >= 4 is 5.91 Å². The Labute approximate surface area is 144 Å². The van der Waals surface area contributed by atoms with Crippen molar-refractivity contribution in [3.63, 3.8) is 0 Å². The first-order valence-electron chi connectivity index (χ1n) is 8.47. The fourth-order valence-electron chi connectivity index (χ4n) is 2.25. The summed E-state index contributed by atoms with van der Waals surface area (Å²) in [6, 6.07) is 7.97. The van der Waals surface area contributed by atoms with Gasteiger partial charge in [-0.2, -0.15) is 0 Å². The maximum atomic E-state index is 11.2. The molecule has 0 aliphatic heterocycles. The van der Waals surface area contributed by atoms with Gasteiger partial charge in [0.15, 0.2) is 0 Å². The first-order valence-corrected chi connectivity index (χ1v) is 8.47. The Morgan fingerprint density at radius 1 is 1.08 bits per heavy atom. The highest BCUT2D eigenvalue weighted by molar-refractivity contribution is 5.73. The minimum Gasteiger partial charge on any atom is -0.380 e. The summed E-state index contributed by atoms with van der Waals surface area (Å²) in [5.74, 6) is -0.0546. The zero-order chi connectivity index (χ0) is 17.6. The summed E-state index contributed by atoms with van der Waals surface area (Å²) in [5.41, 5.74) is 2.14. The molecule has 0 bridgehead atoms. The summed E-state index contributed by atoms with van der Waals surface area (Å²) in [6.07, 6.45) is 4.14. The number of methoxy groups -OCH3 is 1. The van der Waals surface area contributed by atoms with Crippen LogP contribution >= 0.6 is 0 Å². The van der Waals surface area contributed by atoms with Crippen LogP contribution in [0.15, 0.2) is 24.3 Å². The van der Waals surface area contributed by atoms with Crippen LogP contribution in [0.25, 0.3) is 0 Å². The Balaban J connectivity index is 2.20. The zero-order valence-corrected chi connectivity index (χ0v) is 15.0. The molecule has 1 rings (SSSR count). The van der Waals surface area contributed by atoms with Gasteiger partial charge in [0.2, 0.25) is 5.91 Å². The predicted molar refractivity (Wildman–Crippen MR) is 92.8 cm³/mol. The lowest BCUT2D eigenvalue weighted by atomic mass is 10.1. The van der Waals surface area contributed by atoms with E-state index in [9.17, 15) is 4.79 Å². The minimum atomic E-state index is -0.0917. The fraction of sp³-hybridized carbons (Fsp3) is 0.611. The predicted octanol–water partition coefficient (Wildman–Crippen LogP) is 2.87. The van der Waals surface area contributed by atoms with Crippen molar-refractivity contribution in [2.75, 3.05) is 13.8 Å². The van der Waals surface area contributed by atoms with Crippen LogP contribution in [0.3, 0.4) is 0 Å². The highest BCUT2D eigenvalue weighted by Gasteiger charge is 2.08. The van der Waals surface area contributed by atoms with Crippen LogP contribution < -0.4 is 10.6 Å². The molecule has 24 heavy (non-hydrogen) atoms. The van der Waals surface area contributed by atoms with Crippen molar-refractivity contribution in [1.29, 1.82) is 0 Å². The van der Waals surface area contributed by atoms with Gasteiger partial charge in [-0.1, -0.05) is 50.5 Å². The third kappa shape index (κ3) is 9.62. The molecule has 0 heterocycles. The van der Waals surface area contributed by atoms with Crippen molar-refractivity contribution in [2.45, 2.75) is 58.9 Å². The maximum Gasteiger partial charge on any atom is 0.218 e. The van der Waals surface area contributed by atoms with Gasteiger partial charge >= 0.3 is 0 Å². The molecule has 1 amide bonds. The molecule has 0 radical (unpaired) electrons. The lowest BCUT2D eigenvalue weighted by molar-refractivity contribution is -0.309. The summed E-state index contributed by atoms with van der Waals surface area (Å²) in [6.45, 7) is 4.86. The third-order valence-electron chi connectivity index (χ3n) is 3.51. The second-order valence-electron chi connectivity index (χ2n) is 5.73. The Hall–Kier alpha value is -1.47. The molecular weight excluding hydrogens is 308 g/mol. The molecule has 1 unspecified atom stereocenters. The van der Waals surface area contributed by atoms with Crippen molar-refractivity contribution in [2.24, 2.45) is 0 Å². The molecule has 0 fully saturated rings. The highest BCUT2D eigenvalue weighted by atomic mass is 17.2. The normalized spacial score (nSPS) is 12.1. The van der Waals surface area contributed by atoms with E-state index in [2.05, 4.69) is 17.6 Å².